The Morgan fingerprint density at radius 3 is 2.59 bits per heavy atom. The van der Waals surface area contributed by atoms with Crippen molar-refractivity contribution >= 4 is 18.0 Å². The number of hydrogen-bond acceptors (Lipinski definition) is 3. The molecule has 1 aromatic heterocycles. The van der Waals surface area contributed by atoms with Gasteiger partial charge in [0.15, 0.2) is 0 Å². The molecule has 0 aromatic carbocycles. The second-order valence-electron chi connectivity index (χ2n) is 4.70. The fourth-order valence-corrected chi connectivity index (χ4v) is 1.27. The number of amides is 1. The van der Waals surface area contributed by atoms with Gasteiger partial charge in [0.1, 0.15) is 11.4 Å². The maximum absolute atomic E-state index is 11.5. The van der Waals surface area contributed by atoms with Crippen molar-refractivity contribution in [2.45, 2.75) is 33.3 Å². The van der Waals surface area contributed by atoms with E-state index in [0.29, 0.717) is 5.82 Å². The van der Waals surface area contributed by atoms with Gasteiger partial charge in [0.05, 0.1) is 0 Å². The molecule has 0 radical (unpaired) electrons. The quantitative estimate of drug-likeness (QED) is 0.853. The van der Waals surface area contributed by atoms with Gasteiger partial charge in [-0.05, 0) is 45.4 Å². The molecular weight excluding hydrogens is 216 g/mol. The van der Waals surface area contributed by atoms with E-state index in [2.05, 4.69) is 16.9 Å². The van der Waals surface area contributed by atoms with Crippen LogP contribution in [0.2, 0.25) is 0 Å². The van der Waals surface area contributed by atoms with E-state index in [1.54, 1.807) is 12.1 Å². The fraction of sp³-hybridized carbons (Fsp3) is 0.385. The summed E-state index contributed by atoms with van der Waals surface area (Å²) in [6.07, 6.45) is 1.22. The fourth-order valence-electron chi connectivity index (χ4n) is 1.27. The summed E-state index contributed by atoms with van der Waals surface area (Å²) >= 11 is 0. The lowest BCUT2D eigenvalue weighted by Crippen LogP contribution is -2.27. The van der Waals surface area contributed by atoms with Crippen molar-refractivity contribution in [3.63, 3.8) is 0 Å². The number of aromatic nitrogens is 1. The zero-order chi connectivity index (χ0) is 13.1. The topological polar surface area (TPSA) is 51.2 Å². The van der Waals surface area contributed by atoms with Gasteiger partial charge < -0.3 is 4.74 Å². The van der Waals surface area contributed by atoms with E-state index in [1.807, 2.05) is 33.8 Å². The van der Waals surface area contributed by atoms with Gasteiger partial charge in [-0.25, -0.2) is 9.78 Å². The second-order valence-corrected chi connectivity index (χ2v) is 4.70. The Hall–Kier alpha value is -1.84. The summed E-state index contributed by atoms with van der Waals surface area (Å²) in [5.41, 5.74) is 1.24. The number of hydrogen-bond donors (Lipinski definition) is 1. The Labute approximate surface area is 102 Å². The number of ether oxygens (including phenoxy) is 1. The highest BCUT2D eigenvalue weighted by atomic mass is 16.6. The van der Waals surface area contributed by atoms with Crippen LogP contribution >= 0.6 is 0 Å². The number of carbonyl (C=O) groups excluding carboxylic acids is 1. The number of anilines is 1. The molecule has 0 spiro atoms. The first-order valence-corrected chi connectivity index (χ1v) is 5.42. The molecule has 17 heavy (non-hydrogen) atoms. The maximum Gasteiger partial charge on any atom is 0.413 e. The lowest BCUT2D eigenvalue weighted by atomic mass is 10.2. The summed E-state index contributed by atoms with van der Waals surface area (Å²) in [4.78, 5) is 15.7. The van der Waals surface area contributed by atoms with Gasteiger partial charge >= 0.3 is 6.09 Å². The van der Waals surface area contributed by atoms with Crippen molar-refractivity contribution in [2.75, 3.05) is 5.32 Å². The molecule has 0 aliphatic rings. The minimum Gasteiger partial charge on any atom is -0.444 e. The van der Waals surface area contributed by atoms with Gasteiger partial charge in [0.2, 0.25) is 0 Å². The Kier molecular flexibility index (Phi) is 3.89. The third kappa shape index (κ3) is 4.26. The van der Waals surface area contributed by atoms with Crippen molar-refractivity contribution in [2.24, 2.45) is 0 Å². The van der Waals surface area contributed by atoms with Crippen LogP contribution in [0.1, 0.15) is 32.0 Å². The van der Waals surface area contributed by atoms with Gasteiger partial charge in [-0.3, -0.25) is 5.32 Å². The Balaban J connectivity index is 2.73. The molecule has 0 saturated carbocycles. The smallest absolute Gasteiger partial charge is 0.413 e. The monoisotopic (exact) mass is 234 g/mol. The van der Waals surface area contributed by atoms with Crippen LogP contribution in [0.3, 0.4) is 0 Å². The average molecular weight is 234 g/mol. The molecule has 0 aliphatic heterocycles. The molecule has 1 heterocycles. The van der Waals surface area contributed by atoms with Crippen LogP contribution in [-0.2, 0) is 4.74 Å². The van der Waals surface area contributed by atoms with Crippen molar-refractivity contribution in [1.82, 2.24) is 4.98 Å². The molecule has 1 N–H and O–H groups in total. The molecule has 0 aliphatic carbocycles. The number of aryl methyl sites for hydroxylation is 1. The van der Waals surface area contributed by atoms with Crippen LogP contribution in [0.4, 0.5) is 10.6 Å². The van der Waals surface area contributed by atoms with Crippen molar-refractivity contribution < 1.29 is 9.53 Å². The highest BCUT2D eigenvalue weighted by molar-refractivity contribution is 5.83. The first-order chi connectivity index (χ1) is 7.81. The molecule has 1 aromatic rings. The van der Waals surface area contributed by atoms with Gasteiger partial charge in [0, 0.05) is 5.69 Å². The van der Waals surface area contributed by atoms with Crippen LogP contribution in [0.15, 0.2) is 18.7 Å². The van der Waals surface area contributed by atoms with Gasteiger partial charge in [0.25, 0.3) is 0 Å². The number of rotatable bonds is 2. The van der Waals surface area contributed by atoms with Crippen LogP contribution < -0.4 is 5.32 Å². The summed E-state index contributed by atoms with van der Waals surface area (Å²) < 4.78 is 5.13. The summed E-state index contributed by atoms with van der Waals surface area (Å²) in [6, 6.07) is 3.57. The highest BCUT2D eigenvalue weighted by Gasteiger charge is 2.16. The Morgan fingerprint density at radius 1 is 1.47 bits per heavy atom. The van der Waals surface area contributed by atoms with Crippen LogP contribution in [0, 0.1) is 6.92 Å². The Bertz CT molecular complexity index is 434. The summed E-state index contributed by atoms with van der Waals surface area (Å²) in [5.74, 6) is 0.474. The predicted molar refractivity (Wildman–Crippen MR) is 68.9 cm³/mol. The first-order valence-electron chi connectivity index (χ1n) is 5.42. The predicted octanol–water partition coefficient (Wildman–Crippen LogP) is 3.38. The number of carbonyl (C=O) groups is 1. The zero-order valence-electron chi connectivity index (χ0n) is 10.7. The Morgan fingerprint density at radius 2 is 2.12 bits per heavy atom. The second kappa shape index (κ2) is 4.99. The third-order valence-electron chi connectivity index (χ3n) is 1.98. The molecule has 1 amide bonds. The molecule has 0 unspecified atom stereocenters. The number of pyridine rings is 1. The molecule has 0 bridgehead atoms. The van der Waals surface area contributed by atoms with E-state index in [1.165, 1.54) is 0 Å². The normalized spacial score (nSPS) is 10.8. The molecule has 4 heteroatoms. The SMILES string of the molecule is C=Cc1ccc(NC(=O)OC(C)(C)C)nc1C. The molecular formula is C13H18N2O2. The van der Waals surface area contributed by atoms with E-state index in [9.17, 15) is 4.79 Å². The maximum atomic E-state index is 11.5. The van der Waals surface area contributed by atoms with Gasteiger partial charge in [-0.1, -0.05) is 12.7 Å². The third-order valence-corrected chi connectivity index (χ3v) is 1.98. The minimum atomic E-state index is -0.514. The summed E-state index contributed by atoms with van der Waals surface area (Å²) in [7, 11) is 0. The molecule has 92 valence electrons. The van der Waals surface area contributed by atoms with E-state index in [-0.39, 0.29) is 0 Å². The van der Waals surface area contributed by atoms with Crippen LogP contribution in [0.25, 0.3) is 6.08 Å². The highest BCUT2D eigenvalue weighted by Crippen LogP contribution is 2.13. The average Bonchev–Trinajstić information content (AvgIpc) is 2.14. The van der Waals surface area contributed by atoms with E-state index in [4.69, 9.17) is 4.74 Å². The number of nitrogens with one attached hydrogen (secondary N) is 1. The zero-order valence-corrected chi connectivity index (χ0v) is 10.7. The van der Waals surface area contributed by atoms with E-state index in [0.717, 1.165) is 11.3 Å². The lowest BCUT2D eigenvalue weighted by Gasteiger charge is -2.19. The minimum absolute atomic E-state index is 0.474. The largest absolute Gasteiger partial charge is 0.444 e. The first kappa shape index (κ1) is 13.2. The molecule has 0 fully saturated rings. The summed E-state index contributed by atoms with van der Waals surface area (Å²) in [5, 5.41) is 2.58. The van der Waals surface area contributed by atoms with Crippen molar-refractivity contribution in [3.05, 3.63) is 30.0 Å². The van der Waals surface area contributed by atoms with Crippen LogP contribution in [0.5, 0.6) is 0 Å². The molecule has 0 atom stereocenters. The molecule has 4 nitrogen and oxygen atoms in total. The molecule has 0 saturated heterocycles. The molecule has 1 rings (SSSR count). The lowest BCUT2D eigenvalue weighted by molar-refractivity contribution is 0.0635. The van der Waals surface area contributed by atoms with E-state index >= 15 is 0 Å². The van der Waals surface area contributed by atoms with E-state index < -0.39 is 11.7 Å². The summed E-state index contributed by atoms with van der Waals surface area (Å²) in [6.45, 7) is 11.0. The van der Waals surface area contributed by atoms with Gasteiger partial charge in [-0.15, -0.1) is 0 Å². The van der Waals surface area contributed by atoms with Crippen molar-refractivity contribution in [3.8, 4) is 0 Å². The number of nitrogens with zero attached hydrogens (tertiary/aromatic N) is 1. The van der Waals surface area contributed by atoms with Gasteiger partial charge in [-0.2, -0.15) is 0 Å². The van der Waals surface area contributed by atoms with Crippen molar-refractivity contribution in [1.29, 1.82) is 0 Å². The standard InChI is InChI=1S/C13H18N2O2/c1-6-10-7-8-11(14-9(10)2)15-12(16)17-13(3,4)5/h6-8H,1H2,2-5H3,(H,14,15,16). The van der Waals surface area contributed by atoms with Crippen LogP contribution in [-0.4, -0.2) is 16.7 Å².